The first-order valence-corrected chi connectivity index (χ1v) is 7.90. The zero-order chi connectivity index (χ0) is 17.8. The number of carbonyl (C=O) groups is 2. The summed E-state index contributed by atoms with van der Waals surface area (Å²) in [7, 11) is 1.53. The van der Waals surface area contributed by atoms with E-state index < -0.39 is 5.97 Å². The second-order valence-electron chi connectivity index (χ2n) is 3.58. The molecule has 0 spiro atoms. The average Bonchev–Trinajstić information content (AvgIpc) is 2.59. The Morgan fingerprint density at radius 3 is 1.82 bits per heavy atom. The van der Waals surface area contributed by atoms with Crippen LogP contribution >= 0.6 is 0 Å². The molecule has 4 heteroatoms. The van der Waals surface area contributed by atoms with Gasteiger partial charge >= 0.3 is 5.97 Å². The molecular weight excluding hydrogens is 280 g/mol. The first kappa shape index (κ1) is 25.3. The fraction of sp³-hybridized carbons (Fsp3) is 0.556. The van der Waals surface area contributed by atoms with Crippen molar-refractivity contribution >= 4 is 12.3 Å². The molecule has 0 radical (unpaired) electrons. The molecular formula is C18H32O4. The highest BCUT2D eigenvalue weighted by molar-refractivity contribution is 5.90. The summed E-state index contributed by atoms with van der Waals surface area (Å²) in [5.74, 6) is -0.413. The third-order valence-corrected chi connectivity index (χ3v) is 1.80. The van der Waals surface area contributed by atoms with Crippen LogP contribution in [0.25, 0.3) is 0 Å². The van der Waals surface area contributed by atoms with Gasteiger partial charge in [-0.05, 0) is 12.1 Å². The van der Waals surface area contributed by atoms with Gasteiger partial charge in [0.25, 0.3) is 0 Å². The number of hydrogen-bond donors (Lipinski definition) is 0. The van der Waals surface area contributed by atoms with E-state index in [-0.39, 0.29) is 6.61 Å². The lowest BCUT2D eigenvalue weighted by Crippen LogP contribution is -2.09. The summed E-state index contributed by atoms with van der Waals surface area (Å²) in [4.78, 5) is 21.7. The summed E-state index contributed by atoms with van der Waals surface area (Å²) in [5, 5.41) is 0. The van der Waals surface area contributed by atoms with Crippen LogP contribution in [0.2, 0.25) is 0 Å². The van der Waals surface area contributed by atoms with Crippen molar-refractivity contribution in [3.8, 4) is 0 Å². The number of aldehydes is 1. The molecule has 0 aromatic heterocycles. The molecule has 0 aliphatic carbocycles. The zero-order valence-electron chi connectivity index (χ0n) is 15.1. The second kappa shape index (κ2) is 21.6. The zero-order valence-corrected chi connectivity index (χ0v) is 15.1. The fourth-order valence-corrected chi connectivity index (χ4v) is 0.999. The van der Waals surface area contributed by atoms with E-state index in [9.17, 15) is 9.59 Å². The molecule has 0 aliphatic heterocycles. The maximum atomic E-state index is 11.4. The van der Waals surface area contributed by atoms with E-state index in [2.05, 4.69) is 13.8 Å². The van der Waals surface area contributed by atoms with Crippen LogP contribution in [0.4, 0.5) is 0 Å². The summed E-state index contributed by atoms with van der Waals surface area (Å²) < 4.78 is 9.63. The lowest BCUT2D eigenvalue weighted by atomic mass is 10.1. The fourth-order valence-electron chi connectivity index (χ4n) is 0.999. The summed E-state index contributed by atoms with van der Waals surface area (Å²) in [6.45, 7) is 12.9. The lowest BCUT2D eigenvalue weighted by molar-refractivity contribution is 0.0388. The second-order valence-corrected chi connectivity index (χ2v) is 3.58. The average molecular weight is 312 g/mol. The van der Waals surface area contributed by atoms with Gasteiger partial charge in [0, 0.05) is 12.7 Å². The predicted octanol–water partition coefficient (Wildman–Crippen LogP) is 4.77. The van der Waals surface area contributed by atoms with Crippen LogP contribution in [0.1, 0.15) is 68.7 Å². The van der Waals surface area contributed by atoms with Gasteiger partial charge < -0.3 is 9.47 Å². The van der Waals surface area contributed by atoms with Crippen molar-refractivity contribution in [2.24, 2.45) is 0 Å². The molecule has 0 atom stereocenters. The first-order chi connectivity index (χ1) is 10.7. The maximum Gasteiger partial charge on any atom is 0.338 e. The van der Waals surface area contributed by atoms with E-state index in [0.717, 1.165) is 6.29 Å². The molecule has 1 rings (SSSR count). The Labute approximate surface area is 135 Å². The van der Waals surface area contributed by atoms with Crippen LogP contribution in [0.5, 0.6) is 0 Å². The monoisotopic (exact) mass is 312 g/mol. The van der Waals surface area contributed by atoms with Gasteiger partial charge in [0.1, 0.15) is 12.9 Å². The summed E-state index contributed by atoms with van der Waals surface area (Å²) in [6.07, 6.45) is 1.97. The number of hydrogen-bond acceptors (Lipinski definition) is 4. The number of esters is 1. The topological polar surface area (TPSA) is 52.6 Å². The maximum absolute atomic E-state index is 11.4. The minimum atomic E-state index is -0.413. The Morgan fingerprint density at radius 1 is 1.00 bits per heavy atom. The SMILES string of the molecule is CC.CC.CCC.COCCOC(=O)c1ccc(C=O)cc1. The predicted molar refractivity (Wildman–Crippen MR) is 92.6 cm³/mol. The highest BCUT2D eigenvalue weighted by Gasteiger charge is 2.05. The Hall–Kier alpha value is -1.68. The number of rotatable bonds is 5. The minimum Gasteiger partial charge on any atom is -0.460 e. The van der Waals surface area contributed by atoms with Crippen molar-refractivity contribution in [2.45, 2.75) is 48.0 Å². The van der Waals surface area contributed by atoms with Crippen molar-refractivity contribution in [2.75, 3.05) is 20.3 Å². The molecule has 0 N–H and O–H groups in total. The molecule has 1 aromatic rings. The third kappa shape index (κ3) is 14.7. The first-order valence-electron chi connectivity index (χ1n) is 7.90. The van der Waals surface area contributed by atoms with Crippen LogP contribution in [-0.2, 0) is 9.47 Å². The van der Waals surface area contributed by atoms with Crippen LogP contribution in [-0.4, -0.2) is 32.6 Å². The Bertz CT molecular complexity index is 345. The molecule has 0 bridgehead atoms. The summed E-state index contributed by atoms with van der Waals surface area (Å²) in [5.41, 5.74) is 0.958. The quantitative estimate of drug-likeness (QED) is 0.446. The molecule has 0 saturated carbocycles. The van der Waals surface area contributed by atoms with E-state index in [4.69, 9.17) is 9.47 Å². The van der Waals surface area contributed by atoms with E-state index in [1.165, 1.54) is 13.5 Å². The van der Waals surface area contributed by atoms with Gasteiger partial charge in [-0.25, -0.2) is 4.79 Å². The minimum absolute atomic E-state index is 0.227. The number of benzene rings is 1. The van der Waals surface area contributed by atoms with Gasteiger partial charge in [0.05, 0.1) is 12.2 Å². The normalized spacial score (nSPS) is 7.95. The molecule has 0 saturated heterocycles. The van der Waals surface area contributed by atoms with Gasteiger partial charge in [0.2, 0.25) is 0 Å². The Kier molecular flexibility index (Phi) is 24.8. The largest absolute Gasteiger partial charge is 0.460 e. The van der Waals surface area contributed by atoms with Crippen LogP contribution in [0.15, 0.2) is 24.3 Å². The van der Waals surface area contributed by atoms with Crippen LogP contribution in [0, 0.1) is 0 Å². The molecule has 128 valence electrons. The van der Waals surface area contributed by atoms with Crippen molar-refractivity contribution < 1.29 is 19.1 Å². The number of methoxy groups -OCH3 is 1. The van der Waals surface area contributed by atoms with E-state index in [0.29, 0.717) is 17.7 Å². The highest BCUT2D eigenvalue weighted by atomic mass is 16.6. The highest BCUT2D eigenvalue weighted by Crippen LogP contribution is 2.04. The van der Waals surface area contributed by atoms with Crippen LogP contribution in [0.3, 0.4) is 0 Å². The molecule has 1 aromatic carbocycles. The van der Waals surface area contributed by atoms with Crippen molar-refractivity contribution in [3.05, 3.63) is 35.4 Å². The summed E-state index contributed by atoms with van der Waals surface area (Å²) >= 11 is 0. The van der Waals surface area contributed by atoms with Gasteiger partial charge in [-0.15, -0.1) is 0 Å². The number of ether oxygens (including phenoxy) is 2. The van der Waals surface area contributed by atoms with Gasteiger partial charge in [-0.2, -0.15) is 0 Å². The third-order valence-electron chi connectivity index (χ3n) is 1.80. The van der Waals surface area contributed by atoms with E-state index >= 15 is 0 Å². The van der Waals surface area contributed by atoms with Crippen molar-refractivity contribution in [3.63, 3.8) is 0 Å². The van der Waals surface area contributed by atoms with E-state index in [1.54, 1.807) is 24.3 Å². The molecule has 22 heavy (non-hydrogen) atoms. The van der Waals surface area contributed by atoms with Gasteiger partial charge in [-0.1, -0.05) is 60.1 Å². The van der Waals surface area contributed by atoms with Crippen molar-refractivity contribution in [1.82, 2.24) is 0 Å². The van der Waals surface area contributed by atoms with E-state index in [1.807, 2.05) is 27.7 Å². The Balaban J connectivity index is -0.000000446. The molecule has 4 nitrogen and oxygen atoms in total. The lowest BCUT2D eigenvalue weighted by Gasteiger charge is -2.03. The molecule has 0 fully saturated rings. The molecule has 0 aliphatic rings. The van der Waals surface area contributed by atoms with Gasteiger partial charge in [0.15, 0.2) is 0 Å². The van der Waals surface area contributed by atoms with Gasteiger partial charge in [-0.3, -0.25) is 4.79 Å². The molecule has 0 unspecified atom stereocenters. The van der Waals surface area contributed by atoms with Crippen molar-refractivity contribution in [1.29, 1.82) is 0 Å². The standard InChI is InChI=1S/C11H12O4.C3H8.2C2H6/c1-14-6-7-15-11(13)10-4-2-9(8-12)3-5-10;1-3-2;2*1-2/h2-5,8H,6-7H2,1H3;3H2,1-2H3;2*1-2H3. The van der Waals surface area contributed by atoms with Crippen LogP contribution < -0.4 is 0 Å². The molecule has 0 amide bonds. The summed E-state index contributed by atoms with van der Waals surface area (Å²) in [6, 6.07) is 6.25. The molecule has 0 heterocycles. The smallest absolute Gasteiger partial charge is 0.338 e. The Morgan fingerprint density at radius 2 is 1.45 bits per heavy atom. The number of carbonyl (C=O) groups excluding carboxylic acids is 2.